The van der Waals surface area contributed by atoms with E-state index in [1.165, 1.54) is 11.1 Å². The molecule has 2 aromatic carbocycles. The van der Waals surface area contributed by atoms with E-state index in [4.69, 9.17) is 4.74 Å². The number of amides is 1. The van der Waals surface area contributed by atoms with Crippen LogP contribution in [0, 0.1) is 13.8 Å². The van der Waals surface area contributed by atoms with Gasteiger partial charge in [-0.1, -0.05) is 36.4 Å². The van der Waals surface area contributed by atoms with Gasteiger partial charge < -0.3 is 10.1 Å². The van der Waals surface area contributed by atoms with Gasteiger partial charge in [-0.25, -0.2) is 0 Å². The second kappa shape index (κ2) is 7.64. The first-order chi connectivity index (χ1) is 10.6. The number of carbonyl (C=O) groups excluding carboxylic acids is 1. The second-order valence-electron chi connectivity index (χ2n) is 5.51. The smallest absolute Gasteiger partial charge is 0.224 e. The van der Waals surface area contributed by atoms with Crippen LogP contribution in [0.4, 0.5) is 0 Å². The van der Waals surface area contributed by atoms with Gasteiger partial charge in [0.1, 0.15) is 5.75 Å². The number of methoxy groups -OCH3 is 1. The molecule has 3 nitrogen and oxygen atoms in total. The van der Waals surface area contributed by atoms with Crippen LogP contribution in [0.25, 0.3) is 0 Å². The van der Waals surface area contributed by atoms with Gasteiger partial charge in [0.15, 0.2) is 0 Å². The van der Waals surface area contributed by atoms with E-state index in [0.717, 1.165) is 23.3 Å². The molecule has 0 aromatic heterocycles. The van der Waals surface area contributed by atoms with E-state index in [-0.39, 0.29) is 5.91 Å². The molecule has 0 aliphatic heterocycles. The summed E-state index contributed by atoms with van der Waals surface area (Å²) in [6, 6.07) is 14.0. The molecule has 0 saturated carbocycles. The number of para-hydroxylation sites is 1. The van der Waals surface area contributed by atoms with Crippen LogP contribution in [0.1, 0.15) is 22.3 Å². The predicted molar refractivity (Wildman–Crippen MR) is 89.3 cm³/mol. The Bertz CT molecular complexity index is 650. The van der Waals surface area contributed by atoms with Gasteiger partial charge in [-0.2, -0.15) is 0 Å². The molecule has 0 aliphatic rings. The quantitative estimate of drug-likeness (QED) is 0.889. The first-order valence-electron chi connectivity index (χ1n) is 7.55. The number of carbonyl (C=O) groups is 1. The normalized spacial score (nSPS) is 10.3. The van der Waals surface area contributed by atoms with Crippen molar-refractivity contribution < 1.29 is 9.53 Å². The van der Waals surface area contributed by atoms with Crippen molar-refractivity contribution in [1.29, 1.82) is 0 Å². The molecular weight excluding hydrogens is 274 g/mol. The van der Waals surface area contributed by atoms with Crippen molar-refractivity contribution in [2.75, 3.05) is 13.7 Å². The third-order valence-corrected chi connectivity index (χ3v) is 3.85. The van der Waals surface area contributed by atoms with E-state index in [0.29, 0.717) is 13.0 Å². The maximum atomic E-state index is 12.0. The van der Waals surface area contributed by atoms with Crippen LogP contribution >= 0.6 is 0 Å². The van der Waals surface area contributed by atoms with Gasteiger partial charge >= 0.3 is 0 Å². The van der Waals surface area contributed by atoms with Crippen LogP contribution in [0.15, 0.2) is 42.5 Å². The zero-order valence-corrected chi connectivity index (χ0v) is 13.5. The zero-order valence-electron chi connectivity index (χ0n) is 13.5. The van der Waals surface area contributed by atoms with Crippen molar-refractivity contribution in [2.45, 2.75) is 26.7 Å². The molecule has 2 aromatic rings. The third-order valence-electron chi connectivity index (χ3n) is 3.85. The van der Waals surface area contributed by atoms with Crippen LogP contribution in [0.3, 0.4) is 0 Å². The number of hydrogen-bond donors (Lipinski definition) is 1. The number of hydrogen-bond acceptors (Lipinski definition) is 2. The van der Waals surface area contributed by atoms with Crippen molar-refractivity contribution in [3.05, 3.63) is 64.7 Å². The maximum absolute atomic E-state index is 12.0. The summed E-state index contributed by atoms with van der Waals surface area (Å²) < 4.78 is 5.31. The minimum Gasteiger partial charge on any atom is -0.496 e. The summed E-state index contributed by atoms with van der Waals surface area (Å²) in [6.07, 6.45) is 1.19. The highest BCUT2D eigenvalue weighted by atomic mass is 16.5. The number of benzene rings is 2. The standard InChI is InChI=1S/C19H23NO2/c1-14-8-9-16(12-15(14)2)13-19(21)20-11-10-17-6-4-5-7-18(17)22-3/h4-9,12H,10-11,13H2,1-3H3,(H,20,21). The lowest BCUT2D eigenvalue weighted by molar-refractivity contribution is -0.120. The topological polar surface area (TPSA) is 38.3 Å². The minimum absolute atomic E-state index is 0.0538. The summed E-state index contributed by atoms with van der Waals surface area (Å²) in [6.45, 7) is 4.76. The van der Waals surface area contributed by atoms with Gasteiger partial charge in [0, 0.05) is 6.54 Å². The van der Waals surface area contributed by atoms with Crippen LogP contribution in [-0.2, 0) is 17.6 Å². The van der Waals surface area contributed by atoms with Gasteiger partial charge in [-0.05, 0) is 48.6 Å². The Kier molecular flexibility index (Phi) is 5.59. The van der Waals surface area contributed by atoms with E-state index < -0.39 is 0 Å². The van der Waals surface area contributed by atoms with E-state index in [1.807, 2.05) is 30.3 Å². The highest BCUT2D eigenvalue weighted by Crippen LogP contribution is 2.17. The highest BCUT2D eigenvalue weighted by molar-refractivity contribution is 5.78. The summed E-state index contributed by atoms with van der Waals surface area (Å²) in [5.41, 5.74) is 4.63. The molecule has 0 fully saturated rings. The zero-order chi connectivity index (χ0) is 15.9. The number of ether oxygens (including phenoxy) is 1. The van der Waals surface area contributed by atoms with Crippen molar-refractivity contribution in [3.63, 3.8) is 0 Å². The molecule has 0 spiro atoms. The summed E-state index contributed by atoms with van der Waals surface area (Å²) in [7, 11) is 1.66. The fraction of sp³-hybridized carbons (Fsp3) is 0.316. The molecule has 0 radical (unpaired) electrons. The van der Waals surface area contributed by atoms with Gasteiger partial charge in [-0.3, -0.25) is 4.79 Å². The number of aryl methyl sites for hydroxylation is 2. The molecule has 0 heterocycles. The molecule has 22 heavy (non-hydrogen) atoms. The Morgan fingerprint density at radius 2 is 1.86 bits per heavy atom. The molecule has 0 aliphatic carbocycles. The third kappa shape index (κ3) is 4.35. The number of nitrogens with one attached hydrogen (secondary N) is 1. The van der Waals surface area contributed by atoms with Crippen molar-refractivity contribution >= 4 is 5.91 Å². The maximum Gasteiger partial charge on any atom is 0.224 e. The first kappa shape index (κ1) is 16.1. The lowest BCUT2D eigenvalue weighted by Crippen LogP contribution is -2.27. The Labute approximate surface area is 132 Å². The Morgan fingerprint density at radius 3 is 2.59 bits per heavy atom. The number of rotatable bonds is 6. The minimum atomic E-state index is 0.0538. The SMILES string of the molecule is COc1ccccc1CCNC(=O)Cc1ccc(C)c(C)c1. The molecule has 0 bridgehead atoms. The molecule has 1 N–H and O–H groups in total. The Balaban J connectivity index is 1.84. The molecule has 0 unspecified atom stereocenters. The van der Waals surface area contributed by atoms with Gasteiger partial charge in [0.25, 0.3) is 0 Å². The summed E-state index contributed by atoms with van der Waals surface area (Å²) >= 11 is 0. The van der Waals surface area contributed by atoms with Crippen molar-refractivity contribution in [1.82, 2.24) is 5.32 Å². The van der Waals surface area contributed by atoms with Gasteiger partial charge in [0.2, 0.25) is 5.91 Å². The van der Waals surface area contributed by atoms with Crippen LogP contribution in [-0.4, -0.2) is 19.6 Å². The fourth-order valence-electron chi connectivity index (χ4n) is 2.41. The molecule has 0 atom stereocenters. The summed E-state index contributed by atoms with van der Waals surface area (Å²) in [5, 5.41) is 2.97. The van der Waals surface area contributed by atoms with E-state index >= 15 is 0 Å². The predicted octanol–water partition coefficient (Wildman–Crippen LogP) is 3.21. The van der Waals surface area contributed by atoms with Gasteiger partial charge in [-0.15, -0.1) is 0 Å². The molecule has 3 heteroatoms. The Hall–Kier alpha value is -2.29. The fourth-order valence-corrected chi connectivity index (χ4v) is 2.41. The van der Waals surface area contributed by atoms with Crippen molar-refractivity contribution in [3.8, 4) is 5.75 Å². The average Bonchev–Trinajstić information content (AvgIpc) is 2.51. The average molecular weight is 297 g/mol. The van der Waals surface area contributed by atoms with E-state index in [9.17, 15) is 4.79 Å². The van der Waals surface area contributed by atoms with Crippen molar-refractivity contribution in [2.24, 2.45) is 0 Å². The largest absolute Gasteiger partial charge is 0.496 e. The van der Waals surface area contributed by atoms with Crippen LogP contribution < -0.4 is 10.1 Å². The summed E-state index contributed by atoms with van der Waals surface area (Å²) in [5.74, 6) is 0.920. The summed E-state index contributed by atoms with van der Waals surface area (Å²) in [4.78, 5) is 12.0. The lowest BCUT2D eigenvalue weighted by atomic mass is 10.0. The molecule has 116 valence electrons. The molecule has 0 saturated heterocycles. The van der Waals surface area contributed by atoms with Gasteiger partial charge in [0.05, 0.1) is 13.5 Å². The van der Waals surface area contributed by atoms with Crippen LogP contribution in [0.5, 0.6) is 5.75 Å². The second-order valence-corrected chi connectivity index (χ2v) is 5.51. The Morgan fingerprint density at radius 1 is 1.09 bits per heavy atom. The van der Waals surface area contributed by atoms with E-state index in [2.05, 4.69) is 31.3 Å². The molecule has 2 rings (SSSR count). The lowest BCUT2D eigenvalue weighted by Gasteiger charge is -2.09. The first-order valence-corrected chi connectivity index (χ1v) is 7.55. The molecule has 1 amide bonds. The molecular formula is C19H23NO2. The van der Waals surface area contributed by atoms with E-state index in [1.54, 1.807) is 7.11 Å². The monoisotopic (exact) mass is 297 g/mol. The highest BCUT2D eigenvalue weighted by Gasteiger charge is 2.06. The van der Waals surface area contributed by atoms with Crippen LogP contribution in [0.2, 0.25) is 0 Å².